The number of nitrogens with one attached hydrogen (secondary N) is 1. The normalized spacial score (nSPS) is 20.1. The Morgan fingerprint density at radius 3 is 3.05 bits per heavy atom. The summed E-state index contributed by atoms with van der Waals surface area (Å²) in [5.74, 6) is 0. The number of aliphatic hydroxyl groups is 1. The highest BCUT2D eigenvalue weighted by Gasteiger charge is 2.20. The van der Waals surface area contributed by atoms with E-state index in [2.05, 4.69) is 9.82 Å². The molecule has 1 atom stereocenters. The van der Waals surface area contributed by atoms with Crippen molar-refractivity contribution < 1.29 is 18.3 Å². The smallest absolute Gasteiger partial charge is 0.243 e. The van der Waals surface area contributed by atoms with Crippen molar-refractivity contribution in [2.75, 3.05) is 19.8 Å². The summed E-state index contributed by atoms with van der Waals surface area (Å²) >= 11 is 0. The second-order valence-electron chi connectivity index (χ2n) is 4.86. The first kappa shape index (κ1) is 15.4. The predicted octanol–water partition coefficient (Wildman–Crippen LogP) is 0.113. The maximum absolute atomic E-state index is 12.1. The van der Waals surface area contributed by atoms with Crippen molar-refractivity contribution >= 4 is 10.0 Å². The molecule has 1 aromatic rings. The van der Waals surface area contributed by atoms with Gasteiger partial charge in [-0.25, -0.2) is 13.1 Å². The number of aliphatic hydroxyl groups excluding tert-OH is 1. The summed E-state index contributed by atoms with van der Waals surface area (Å²) in [5.41, 5.74) is 0. The van der Waals surface area contributed by atoms with Gasteiger partial charge in [-0.2, -0.15) is 5.10 Å². The number of nitrogens with zero attached hydrogens (tertiary/aromatic N) is 2. The minimum Gasteiger partial charge on any atom is -0.396 e. The first-order valence-electron chi connectivity index (χ1n) is 6.86. The Balaban J connectivity index is 1.90. The lowest BCUT2D eigenvalue weighted by molar-refractivity contribution is 0.0200. The minimum atomic E-state index is -3.54. The number of hydrogen-bond donors (Lipinski definition) is 2. The standard InChI is InChI=1S/C12H21N3O4S/c16-6-3-5-15-10-12(9-13-15)20(17,18)14-8-11-4-1-2-7-19-11/h9-11,14,16H,1-8H2. The monoisotopic (exact) mass is 303 g/mol. The minimum absolute atomic E-state index is 0.0389. The van der Waals surface area contributed by atoms with E-state index in [9.17, 15) is 8.42 Å². The van der Waals surface area contributed by atoms with Crippen LogP contribution in [-0.4, -0.2) is 49.2 Å². The molecule has 0 radical (unpaired) electrons. The van der Waals surface area contributed by atoms with E-state index >= 15 is 0 Å². The average molecular weight is 303 g/mol. The number of aryl methyl sites for hydroxylation is 1. The Morgan fingerprint density at radius 2 is 2.35 bits per heavy atom. The van der Waals surface area contributed by atoms with Crippen LogP contribution >= 0.6 is 0 Å². The van der Waals surface area contributed by atoms with Crippen molar-refractivity contribution in [2.45, 2.75) is 43.2 Å². The number of hydrogen-bond acceptors (Lipinski definition) is 5. The van der Waals surface area contributed by atoms with Crippen LogP contribution in [0.15, 0.2) is 17.3 Å². The van der Waals surface area contributed by atoms with E-state index in [1.165, 1.54) is 17.1 Å². The molecule has 1 aliphatic heterocycles. The van der Waals surface area contributed by atoms with Gasteiger partial charge in [0.05, 0.1) is 12.3 Å². The van der Waals surface area contributed by atoms with Gasteiger partial charge in [0.2, 0.25) is 10.0 Å². The molecule has 1 aromatic heterocycles. The molecular weight excluding hydrogens is 282 g/mol. The molecule has 0 amide bonds. The van der Waals surface area contributed by atoms with Crippen LogP contribution in [0.3, 0.4) is 0 Å². The van der Waals surface area contributed by atoms with Crippen molar-refractivity contribution in [3.63, 3.8) is 0 Å². The molecule has 20 heavy (non-hydrogen) atoms. The second kappa shape index (κ2) is 7.16. The number of ether oxygens (including phenoxy) is 1. The fourth-order valence-corrected chi connectivity index (χ4v) is 3.11. The summed E-state index contributed by atoms with van der Waals surface area (Å²) in [6.45, 7) is 1.55. The van der Waals surface area contributed by atoms with E-state index in [1.807, 2.05) is 0 Å². The van der Waals surface area contributed by atoms with Gasteiger partial charge in [0.15, 0.2) is 0 Å². The van der Waals surface area contributed by atoms with E-state index in [0.29, 0.717) is 26.1 Å². The average Bonchev–Trinajstić information content (AvgIpc) is 2.94. The molecule has 8 heteroatoms. The van der Waals surface area contributed by atoms with Gasteiger partial charge >= 0.3 is 0 Å². The summed E-state index contributed by atoms with van der Waals surface area (Å²) in [6.07, 6.45) is 6.30. The molecule has 7 nitrogen and oxygen atoms in total. The molecule has 0 bridgehead atoms. The van der Waals surface area contributed by atoms with E-state index in [-0.39, 0.29) is 17.6 Å². The van der Waals surface area contributed by atoms with Crippen LogP contribution < -0.4 is 4.72 Å². The topological polar surface area (TPSA) is 93.5 Å². The molecule has 0 saturated carbocycles. The highest BCUT2D eigenvalue weighted by Crippen LogP contribution is 2.13. The molecule has 0 aliphatic carbocycles. The van der Waals surface area contributed by atoms with Crippen LogP contribution in [0.2, 0.25) is 0 Å². The second-order valence-corrected chi connectivity index (χ2v) is 6.62. The molecular formula is C12H21N3O4S. The van der Waals surface area contributed by atoms with Crippen LogP contribution in [0.4, 0.5) is 0 Å². The molecule has 1 unspecified atom stereocenters. The Kier molecular flexibility index (Phi) is 5.53. The summed E-state index contributed by atoms with van der Waals surface area (Å²) in [4.78, 5) is 0.145. The fourth-order valence-electron chi connectivity index (χ4n) is 2.09. The van der Waals surface area contributed by atoms with Crippen molar-refractivity contribution in [1.82, 2.24) is 14.5 Å². The zero-order valence-corrected chi connectivity index (χ0v) is 12.2. The van der Waals surface area contributed by atoms with Gasteiger partial charge in [-0.15, -0.1) is 0 Å². The van der Waals surface area contributed by atoms with Crippen LogP contribution in [0.25, 0.3) is 0 Å². The summed E-state index contributed by atoms with van der Waals surface area (Å²) < 4.78 is 33.8. The maximum Gasteiger partial charge on any atom is 0.243 e. The Bertz CT molecular complexity index is 509. The molecule has 1 aliphatic rings. The van der Waals surface area contributed by atoms with Gasteiger partial charge in [-0.1, -0.05) is 0 Å². The molecule has 1 saturated heterocycles. The molecule has 114 valence electrons. The lowest BCUT2D eigenvalue weighted by atomic mass is 10.1. The van der Waals surface area contributed by atoms with Crippen molar-refractivity contribution in [1.29, 1.82) is 0 Å². The lowest BCUT2D eigenvalue weighted by Gasteiger charge is -2.22. The predicted molar refractivity (Wildman–Crippen MR) is 72.7 cm³/mol. The van der Waals surface area contributed by atoms with Crippen LogP contribution in [0.1, 0.15) is 25.7 Å². The van der Waals surface area contributed by atoms with Crippen LogP contribution in [-0.2, 0) is 21.3 Å². The van der Waals surface area contributed by atoms with Crippen molar-refractivity contribution in [2.24, 2.45) is 0 Å². The molecule has 2 heterocycles. The quantitative estimate of drug-likeness (QED) is 0.746. The highest BCUT2D eigenvalue weighted by atomic mass is 32.2. The van der Waals surface area contributed by atoms with Gasteiger partial charge in [-0.3, -0.25) is 4.68 Å². The lowest BCUT2D eigenvalue weighted by Crippen LogP contribution is -2.35. The van der Waals surface area contributed by atoms with Gasteiger partial charge in [-0.05, 0) is 25.7 Å². The van der Waals surface area contributed by atoms with Crippen LogP contribution in [0, 0.1) is 0 Å². The summed E-state index contributed by atoms with van der Waals surface area (Å²) in [6, 6.07) is 0. The number of aromatic nitrogens is 2. The van der Waals surface area contributed by atoms with Crippen molar-refractivity contribution in [3.05, 3.63) is 12.4 Å². The summed E-state index contributed by atoms with van der Waals surface area (Å²) in [5, 5.41) is 12.7. The number of rotatable bonds is 7. The molecule has 2 rings (SSSR count). The largest absolute Gasteiger partial charge is 0.396 e. The van der Waals surface area contributed by atoms with E-state index in [0.717, 1.165) is 19.3 Å². The van der Waals surface area contributed by atoms with E-state index < -0.39 is 10.0 Å². The highest BCUT2D eigenvalue weighted by molar-refractivity contribution is 7.89. The molecule has 0 aromatic carbocycles. The van der Waals surface area contributed by atoms with Gasteiger partial charge in [0, 0.05) is 32.5 Å². The number of sulfonamides is 1. The first-order chi connectivity index (χ1) is 9.62. The fraction of sp³-hybridized carbons (Fsp3) is 0.750. The SMILES string of the molecule is O=S(=O)(NCC1CCCCO1)c1cnn(CCCO)c1. The third-order valence-corrected chi connectivity index (χ3v) is 4.62. The van der Waals surface area contributed by atoms with Gasteiger partial charge in [0.1, 0.15) is 4.90 Å². The van der Waals surface area contributed by atoms with E-state index in [4.69, 9.17) is 9.84 Å². The third kappa shape index (κ3) is 4.27. The molecule has 1 fully saturated rings. The Labute approximate surface area is 119 Å². The molecule has 2 N–H and O–H groups in total. The Morgan fingerprint density at radius 1 is 1.50 bits per heavy atom. The van der Waals surface area contributed by atoms with Crippen molar-refractivity contribution in [3.8, 4) is 0 Å². The van der Waals surface area contributed by atoms with Gasteiger partial charge < -0.3 is 9.84 Å². The summed E-state index contributed by atoms with van der Waals surface area (Å²) in [7, 11) is -3.54. The van der Waals surface area contributed by atoms with E-state index in [1.54, 1.807) is 0 Å². The van der Waals surface area contributed by atoms with Crippen LogP contribution in [0.5, 0.6) is 0 Å². The zero-order valence-electron chi connectivity index (χ0n) is 11.4. The maximum atomic E-state index is 12.1. The first-order valence-corrected chi connectivity index (χ1v) is 8.35. The zero-order chi connectivity index (χ0) is 14.4. The Hall–Kier alpha value is -0.960. The molecule has 0 spiro atoms. The van der Waals surface area contributed by atoms with Gasteiger partial charge in [0.25, 0.3) is 0 Å². The third-order valence-electron chi connectivity index (χ3n) is 3.24.